The van der Waals surface area contributed by atoms with Crippen molar-refractivity contribution in [3.8, 4) is 0 Å². The molecule has 0 radical (unpaired) electrons. The number of halogens is 1. The summed E-state index contributed by atoms with van der Waals surface area (Å²) in [4.78, 5) is 13.0. The van der Waals surface area contributed by atoms with E-state index in [0.717, 1.165) is 9.37 Å². The minimum Gasteiger partial charge on any atom is -0.289 e. The zero-order chi connectivity index (χ0) is 12.8. The molecule has 0 atom stereocenters. The molecule has 0 aliphatic rings. The first-order chi connectivity index (χ1) is 8.75. The van der Waals surface area contributed by atoms with Gasteiger partial charge in [-0.1, -0.05) is 45.9 Å². The Balaban J connectivity index is 1.97. The van der Waals surface area contributed by atoms with Crippen LogP contribution in [0.1, 0.15) is 10.4 Å². The van der Waals surface area contributed by atoms with Crippen LogP contribution in [-0.2, 0) is 0 Å². The summed E-state index contributed by atoms with van der Waals surface area (Å²) in [5.74, 6) is 0.0194. The van der Waals surface area contributed by atoms with Crippen molar-refractivity contribution in [3.63, 3.8) is 0 Å². The zero-order valence-corrected chi connectivity index (χ0v) is 11.9. The molecule has 2 aromatic rings. The van der Waals surface area contributed by atoms with E-state index < -0.39 is 0 Å². The highest BCUT2D eigenvalue weighted by atomic mass is 79.9. The number of thioether (sulfide) groups is 1. The number of benzene rings is 2. The Morgan fingerprint density at radius 3 is 2.33 bits per heavy atom. The molecule has 18 heavy (non-hydrogen) atoms. The smallest absolute Gasteiger partial charge is 0.186 e. The summed E-state index contributed by atoms with van der Waals surface area (Å²) < 4.78 is 0.974. The average Bonchev–Trinajstić information content (AvgIpc) is 2.40. The molecule has 0 aliphatic carbocycles. The topological polar surface area (TPSA) is 17.1 Å². The third-order valence-corrected chi connectivity index (χ3v) is 3.64. The number of hydrogen-bond acceptors (Lipinski definition) is 2. The van der Waals surface area contributed by atoms with Gasteiger partial charge in [0, 0.05) is 14.9 Å². The van der Waals surface area contributed by atoms with E-state index in [1.165, 1.54) is 11.8 Å². The van der Waals surface area contributed by atoms with Crippen LogP contribution in [0.5, 0.6) is 0 Å². The Hall–Kier alpha value is -1.32. The van der Waals surface area contributed by atoms with E-state index in [2.05, 4.69) is 15.9 Å². The van der Waals surface area contributed by atoms with Crippen LogP contribution in [0.3, 0.4) is 0 Å². The van der Waals surface area contributed by atoms with E-state index in [1.54, 1.807) is 6.08 Å². The predicted molar refractivity (Wildman–Crippen MR) is 79.9 cm³/mol. The van der Waals surface area contributed by atoms with Crippen molar-refractivity contribution in [1.29, 1.82) is 0 Å². The summed E-state index contributed by atoms with van der Waals surface area (Å²) in [6.45, 7) is 0. The van der Waals surface area contributed by atoms with E-state index in [0.29, 0.717) is 5.56 Å². The summed E-state index contributed by atoms with van der Waals surface area (Å²) in [5, 5.41) is 1.82. The molecule has 90 valence electrons. The zero-order valence-electron chi connectivity index (χ0n) is 9.55. The van der Waals surface area contributed by atoms with Crippen LogP contribution in [0, 0.1) is 0 Å². The first-order valence-electron chi connectivity index (χ1n) is 5.44. The van der Waals surface area contributed by atoms with Gasteiger partial charge in [-0.15, -0.1) is 0 Å². The summed E-state index contributed by atoms with van der Waals surface area (Å²) in [7, 11) is 0. The second kappa shape index (κ2) is 6.57. The van der Waals surface area contributed by atoms with Gasteiger partial charge in [0.2, 0.25) is 0 Å². The lowest BCUT2D eigenvalue weighted by molar-refractivity contribution is 0.104. The molecular weight excluding hydrogens is 308 g/mol. The molecule has 0 N–H and O–H groups in total. The van der Waals surface area contributed by atoms with Gasteiger partial charge in [-0.3, -0.25) is 4.79 Å². The van der Waals surface area contributed by atoms with Crippen molar-refractivity contribution >= 4 is 33.5 Å². The van der Waals surface area contributed by atoms with Crippen molar-refractivity contribution in [1.82, 2.24) is 0 Å². The molecule has 0 spiro atoms. The van der Waals surface area contributed by atoms with Gasteiger partial charge < -0.3 is 0 Å². The number of hydrogen-bond donors (Lipinski definition) is 0. The van der Waals surface area contributed by atoms with Crippen molar-refractivity contribution < 1.29 is 4.79 Å². The molecule has 0 fully saturated rings. The second-order valence-electron chi connectivity index (χ2n) is 3.60. The van der Waals surface area contributed by atoms with E-state index in [4.69, 9.17) is 0 Å². The number of ketones is 1. The minimum absolute atomic E-state index is 0.0194. The van der Waals surface area contributed by atoms with Crippen molar-refractivity contribution in [2.24, 2.45) is 0 Å². The molecule has 0 amide bonds. The van der Waals surface area contributed by atoms with Gasteiger partial charge in [0.05, 0.1) is 0 Å². The van der Waals surface area contributed by atoms with Crippen LogP contribution in [0.25, 0.3) is 0 Å². The summed E-state index contributed by atoms with van der Waals surface area (Å²) in [5.41, 5.74) is 0.697. The minimum atomic E-state index is 0.0194. The van der Waals surface area contributed by atoms with Crippen LogP contribution >= 0.6 is 27.7 Å². The predicted octanol–water partition coefficient (Wildman–Crippen LogP) is 4.94. The maximum absolute atomic E-state index is 11.8. The lowest BCUT2D eigenvalue weighted by atomic mass is 10.1. The average molecular weight is 319 g/mol. The van der Waals surface area contributed by atoms with Gasteiger partial charge in [-0.05, 0) is 47.9 Å². The third kappa shape index (κ3) is 3.86. The molecule has 0 saturated carbocycles. The molecule has 0 heterocycles. The molecule has 0 aromatic heterocycles. The number of rotatable bonds is 4. The van der Waals surface area contributed by atoms with Gasteiger partial charge in [0.25, 0.3) is 0 Å². The Kier molecular flexibility index (Phi) is 4.79. The first kappa shape index (κ1) is 13.1. The maximum Gasteiger partial charge on any atom is 0.186 e. The Morgan fingerprint density at radius 1 is 1.00 bits per heavy atom. The molecule has 2 rings (SSSR count). The van der Waals surface area contributed by atoms with E-state index >= 15 is 0 Å². The van der Waals surface area contributed by atoms with Crippen LogP contribution in [0.4, 0.5) is 0 Å². The van der Waals surface area contributed by atoms with Crippen molar-refractivity contribution in [2.45, 2.75) is 4.90 Å². The van der Waals surface area contributed by atoms with Crippen molar-refractivity contribution in [2.75, 3.05) is 0 Å². The summed E-state index contributed by atoms with van der Waals surface area (Å²) >= 11 is 4.88. The van der Waals surface area contributed by atoms with Crippen LogP contribution in [0.2, 0.25) is 0 Å². The Bertz CT molecular complexity index is 546. The Labute approximate surface area is 119 Å². The van der Waals surface area contributed by atoms with Crippen molar-refractivity contribution in [3.05, 3.63) is 76.1 Å². The fraction of sp³-hybridized carbons (Fsp3) is 0. The van der Waals surface area contributed by atoms with Gasteiger partial charge in [-0.2, -0.15) is 0 Å². The van der Waals surface area contributed by atoms with Crippen LogP contribution in [-0.4, -0.2) is 5.78 Å². The quantitative estimate of drug-likeness (QED) is 0.451. The highest BCUT2D eigenvalue weighted by Gasteiger charge is 2.00. The molecule has 0 aliphatic heterocycles. The number of carbonyl (C=O) groups is 1. The molecular formula is C15H11BrOS. The maximum atomic E-state index is 11.8. The first-order valence-corrected chi connectivity index (χ1v) is 7.11. The molecule has 3 heteroatoms. The second-order valence-corrected chi connectivity index (χ2v) is 5.50. The lowest BCUT2D eigenvalue weighted by Crippen LogP contribution is -1.92. The highest BCUT2D eigenvalue weighted by Crippen LogP contribution is 2.18. The normalized spacial score (nSPS) is 10.7. The van der Waals surface area contributed by atoms with Gasteiger partial charge in [-0.25, -0.2) is 0 Å². The molecule has 0 bridgehead atoms. The van der Waals surface area contributed by atoms with Crippen LogP contribution in [0.15, 0.2) is 75.4 Å². The fourth-order valence-electron chi connectivity index (χ4n) is 1.38. The highest BCUT2D eigenvalue weighted by molar-refractivity contribution is 9.10. The monoisotopic (exact) mass is 318 g/mol. The van der Waals surface area contributed by atoms with E-state index in [-0.39, 0.29) is 5.78 Å². The largest absolute Gasteiger partial charge is 0.289 e. The molecule has 1 nitrogen and oxygen atoms in total. The van der Waals surface area contributed by atoms with Gasteiger partial charge >= 0.3 is 0 Å². The lowest BCUT2D eigenvalue weighted by Gasteiger charge is -1.96. The standard InChI is InChI=1S/C15H11BrOS/c16-13-8-6-12(7-9-13)15(17)10-11-18-14-4-2-1-3-5-14/h1-11H/b11-10+. The van der Waals surface area contributed by atoms with Crippen LogP contribution < -0.4 is 0 Å². The Morgan fingerprint density at radius 2 is 1.67 bits per heavy atom. The van der Waals surface area contributed by atoms with Gasteiger partial charge in [0.1, 0.15) is 0 Å². The number of allylic oxidation sites excluding steroid dienone is 1. The molecule has 2 aromatic carbocycles. The number of carbonyl (C=O) groups excluding carboxylic acids is 1. The molecule has 0 unspecified atom stereocenters. The fourth-order valence-corrected chi connectivity index (χ4v) is 2.31. The van der Waals surface area contributed by atoms with E-state index in [1.807, 2.05) is 60.0 Å². The summed E-state index contributed by atoms with van der Waals surface area (Å²) in [6.07, 6.45) is 1.60. The summed E-state index contributed by atoms with van der Waals surface area (Å²) in [6, 6.07) is 17.3. The SMILES string of the molecule is O=C(/C=C/Sc1ccccc1)c1ccc(Br)cc1. The molecule has 0 saturated heterocycles. The van der Waals surface area contributed by atoms with E-state index in [9.17, 15) is 4.79 Å². The van der Waals surface area contributed by atoms with Gasteiger partial charge in [0.15, 0.2) is 5.78 Å². The third-order valence-electron chi connectivity index (χ3n) is 2.30.